The molecule has 0 heterocycles. The molecule has 0 N–H and O–H groups in total. The van der Waals surface area contributed by atoms with Crippen LogP contribution in [0.1, 0.15) is 6.42 Å². The van der Waals surface area contributed by atoms with E-state index in [1.165, 1.54) is 4.90 Å². The summed E-state index contributed by atoms with van der Waals surface area (Å²) in [7, 11) is 3.26. The van der Waals surface area contributed by atoms with Crippen molar-refractivity contribution in [3.8, 4) is 6.07 Å². The summed E-state index contributed by atoms with van der Waals surface area (Å²) in [5.41, 5.74) is 0. The van der Waals surface area contributed by atoms with E-state index in [0.717, 1.165) is 0 Å². The summed E-state index contributed by atoms with van der Waals surface area (Å²) in [4.78, 5) is 12.9. The lowest BCUT2D eigenvalue weighted by molar-refractivity contribution is -0.135. The molecule has 0 fully saturated rings. The van der Waals surface area contributed by atoms with E-state index >= 15 is 0 Å². The number of carbonyl (C=O) groups is 1. The molecule has 0 aliphatic rings. The standard InChI is InChI=1S/C11H20N2O4/c1-13(5-3-4-12)11(14)10-17-9-8-16-7-6-15-2/h3,5-10H2,1-2H3. The Kier molecular flexibility index (Phi) is 10.6. The fourth-order valence-corrected chi connectivity index (χ4v) is 0.974. The van der Waals surface area contributed by atoms with E-state index < -0.39 is 0 Å². The molecule has 0 atom stereocenters. The average molecular weight is 244 g/mol. The van der Waals surface area contributed by atoms with Crippen LogP contribution in [0, 0.1) is 11.3 Å². The van der Waals surface area contributed by atoms with Gasteiger partial charge in [-0.3, -0.25) is 4.79 Å². The highest BCUT2D eigenvalue weighted by molar-refractivity contribution is 5.77. The molecule has 0 aromatic carbocycles. The fraction of sp³-hybridized carbons (Fsp3) is 0.818. The van der Waals surface area contributed by atoms with Crippen molar-refractivity contribution in [1.82, 2.24) is 4.90 Å². The van der Waals surface area contributed by atoms with E-state index in [1.54, 1.807) is 14.2 Å². The summed E-state index contributed by atoms with van der Waals surface area (Å²) in [6, 6.07) is 1.98. The predicted octanol–water partition coefficient (Wildman–Crippen LogP) is 0.0381. The number of nitrogens with zero attached hydrogens (tertiary/aromatic N) is 2. The Morgan fingerprint density at radius 2 is 1.88 bits per heavy atom. The number of carbonyl (C=O) groups excluding carboxylic acids is 1. The Morgan fingerprint density at radius 1 is 1.24 bits per heavy atom. The van der Waals surface area contributed by atoms with Crippen molar-refractivity contribution in [3.05, 3.63) is 0 Å². The van der Waals surface area contributed by atoms with Gasteiger partial charge in [0.15, 0.2) is 0 Å². The maximum Gasteiger partial charge on any atom is 0.248 e. The minimum Gasteiger partial charge on any atom is -0.382 e. The molecular weight excluding hydrogens is 224 g/mol. The summed E-state index contributed by atoms with van der Waals surface area (Å²) in [5, 5.41) is 8.37. The largest absolute Gasteiger partial charge is 0.382 e. The first-order valence-electron chi connectivity index (χ1n) is 5.47. The van der Waals surface area contributed by atoms with Gasteiger partial charge in [0, 0.05) is 20.7 Å². The minimum absolute atomic E-state index is 0.0234. The number of rotatable bonds is 10. The third-order valence-electron chi connectivity index (χ3n) is 2.01. The number of nitriles is 1. The van der Waals surface area contributed by atoms with Crippen molar-refractivity contribution in [3.63, 3.8) is 0 Å². The van der Waals surface area contributed by atoms with Gasteiger partial charge in [0.1, 0.15) is 6.61 Å². The molecule has 0 saturated carbocycles. The van der Waals surface area contributed by atoms with Crippen molar-refractivity contribution in [2.75, 3.05) is 53.7 Å². The van der Waals surface area contributed by atoms with Gasteiger partial charge in [0.05, 0.1) is 38.9 Å². The third kappa shape index (κ3) is 9.75. The van der Waals surface area contributed by atoms with Gasteiger partial charge in [-0.2, -0.15) is 5.26 Å². The van der Waals surface area contributed by atoms with Crippen molar-refractivity contribution in [1.29, 1.82) is 5.26 Å². The van der Waals surface area contributed by atoms with Gasteiger partial charge in [-0.1, -0.05) is 0 Å². The van der Waals surface area contributed by atoms with E-state index in [1.807, 2.05) is 6.07 Å². The molecule has 0 saturated heterocycles. The Hall–Kier alpha value is -1.16. The first-order valence-corrected chi connectivity index (χ1v) is 5.47. The molecular formula is C11H20N2O4. The van der Waals surface area contributed by atoms with E-state index in [9.17, 15) is 4.79 Å². The van der Waals surface area contributed by atoms with Crippen molar-refractivity contribution >= 4 is 5.91 Å². The molecule has 17 heavy (non-hydrogen) atoms. The number of likely N-dealkylation sites (N-methyl/N-ethyl adjacent to an activating group) is 1. The van der Waals surface area contributed by atoms with Gasteiger partial charge >= 0.3 is 0 Å². The lowest BCUT2D eigenvalue weighted by Gasteiger charge is -2.15. The maximum absolute atomic E-state index is 11.4. The molecule has 0 rings (SSSR count). The zero-order valence-electron chi connectivity index (χ0n) is 10.5. The molecule has 0 aliphatic heterocycles. The quantitative estimate of drug-likeness (QED) is 0.507. The van der Waals surface area contributed by atoms with Gasteiger partial charge in [-0.05, 0) is 0 Å². The first kappa shape index (κ1) is 15.8. The van der Waals surface area contributed by atoms with Crippen LogP contribution in [-0.4, -0.2) is 64.5 Å². The Morgan fingerprint density at radius 3 is 2.53 bits per heavy atom. The van der Waals surface area contributed by atoms with Crippen LogP contribution in [0.25, 0.3) is 0 Å². The normalized spacial score (nSPS) is 9.94. The zero-order chi connectivity index (χ0) is 12.9. The van der Waals surface area contributed by atoms with Gasteiger partial charge < -0.3 is 19.1 Å². The number of ether oxygens (including phenoxy) is 3. The second-order valence-electron chi connectivity index (χ2n) is 3.38. The van der Waals surface area contributed by atoms with Crippen LogP contribution in [0.15, 0.2) is 0 Å². The lowest BCUT2D eigenvalue weighted by Crippen LogP contribution is -2.31. The molecule has 98 valence electrons. The molecule has 0 radical (unpaired) electrons. The molecule has 0 aliphatic carbocycles. The van der Waals surface area contributed by atoms with Crippen LogP contribution in [-0.2, 0) is 19.0 Å². The summed E-state index contributed by atoms with van der Waals surface area (Å²) in [6.45, 7) is 2.35. The van der Waals surface area contributed by atoms with Crippen LogP contribution in [0.4, 0.5) is 0 Å². The maximum atomic E-state index is 11.4. The molecule has 6 nitrogen and oxygen atoms in total. The van der Waals surface area contributed by atoms with Gasteiger partial charge in [0.2, 0.25) is 5.91 Å². The number of hydrogen-bond acceptors (Lipinski definition) is 5. The molecule has 1 amide bonds. The van der Waals surface area contributed by atoms with Gasteiger partial charge in [-0.15, -0.1) is 0 Å². The summed E-state index contributed by atoms with van der Waals surface area (Å²) >= 11 is 0. The number of amides is 1. The van der Waals surface area contributed by atoms with Crippen LogP contribution < -0.4 is 0 Å². The summed E-state index contributed by atoms with van der Waals surface area (Å²) in [5.74, 6) is -0.128. The molecule has 0 aromatic rings. The summed E-state index contributed by atoms with van der Waals surface area (Å²) < 4.78 is 15.1. The highest BCUT2D eigenvalue weighted by Crippen LogP contribution is 1.89. The number of methoxy groups -OCH3 is 1. The Balaban J connectivity index is 3.35. The molecule has 0 spiro atoms. The topological polar surface area (TPSA) is 71.8 Å². The molecule has 6 heteroatoms. The van der Waals surface area contributed by atoms with Crippen molar-refractivity contribution < 1.29 is 19.0 Å². The molecule has 0 unspecified atom stereocenters. The Bertz CT molecular complexity index is 240. The van der Waals surface area contributed by atoms with Gasteiger partial charge in [-0.25, -0.2) is 0 Å². The third-order valence-corrected chi connectivity index (χ3v) is 2.01. The van der Waals surface area contributed by atoms with Crippen LogP contribution in [0.2, 0.25) is 0 Å². The van der Waals surface area contributed by atoms with Gasteiger partial charge in [0.25, 0.3) is 0 Å². The van der Waals surface area contributed by atoms with Crippen LogP contribution >= 0.6 is 0 Å². The summed E-state index contributed by atoms with van der Waals surface area (Å²) in [6.07, 6.45) is 0.336. The number of hydrogen-bond donors (Lipinski definition) is 0. The predicted molar refractivity (Wildman–Crippen MR) is 61.4 cm³/mol. The van der Waals surface area contributed by atoms with E-state index in [0.29, 0.717) is 39.4 Å². The van der Waals surface area contributed by atoms with Crippen LogP contribution in [0.5, 0.6) is 0 Å². The van der Waals surface area contributed by atoms with Crippen molar-refractivity contribution in [2.24, 2.45) is 0 Å². The van der Waals surface area contributed by atoms with Crippen LogP contribution in [0.3, 0.4) is 0 Å². The van der Waals surface area contributed by atoms with E-state index in [-0.39, 0.29) is 12.5 Å². The molecule has 0 aromatic heterocycles. The second-order valence-corrected chi connectivity index (χ2v) is 3.38. The fourth-order valence-electron chi connectivity index (χ4n) is 0.974. The highest BCUT2D eigenvalue weighted by Gasteiger charge is 2.07. The van der Waals surface area contributed by atoms with E-state index in [2.05, 4.69) is 0 Å². The Labute approximate surface area is 102 Å². The average Bonchev–Trinajstić information content (AvgIpc) is 2.34. The first-order chi connectivity index (χ1) is 8.22. The van der Waals surface area contributed by atoms with E-state index in [4.69, 9.17) is 19.5 Å². The second kappa shape index (κ2) is 11.3. The molecule has 0 bridgehead atoms. The zero-order valence-corrected chi connectivity index (χ0v) is 10.5. The minimum atomic E-state index is -0.128. The highest BCUT2D eigenvalue weighted by atomic mass is 16.5. The SMILES string of the molecule is COCCOCCOCC(=O)N(C)CCC#N. The monoisotopic (exact) mass is 244 g/mol. The lowest BCUT2D eigenvalue weighted by atomic mass is 10.4. The van der Waals surface area contributed by atoms with Crippen molar-refractivity contribution in [2.45, 2.75) is 6.42 Å². The smallest absolute Gasteiger partial charge is 0.248 e.